The monoisotopic (exact) mass is 357 g/mol. The maximum atomic E-state index is 13.2. The average Bonchev–Trinajstić information content (AvgIpc) is 3.07. The Balaban J connectivity index is 0.00000121. The molecule has 3 heterocycles. The molecule has 0 bridgehead atoms. The van der Waals surface area contributed by atoms with Gasteiger partial charge < -0.3 is 4.90 Å². The molecule has 1 aromatic heterocycles. The summed E-state index contributed by atoms with van der Waals surface area (Å²) in [4.78, 5) is 18.1. The second-order valence-corrected chi connectivity index (χ2v) is 5.49. The van der Waals surface area contributed by atoms with Crippen molar-refractivity contribution in [2.45, 2.75) is 37.1 Å². The molecule has 2 fully saturated rings. The summed E-state index contributed by atoms with van der Waals surface area (Å²) in [6, 6.07) is -0.765. The molecule has 2 N–H and O–H groups in total. The van der Waals surface area contributed by atoms with Crippen molar-refractivity contribution in [1.82, 2.24) is 25.4 Å². The van der Waals surface area contributed by atoms with E-state index in [9.17, 15) is 13.6 Å². The first-order valence-corrected chi connectivity index (χ1v) is 6.80. The van der Waals surface area contributed by atoms with Crippen molar-refractivity contribution in [3.8, 4) is 0 Å². The smallest absolute Gasteiger partial charge is 0.262 e. The summed E-state index contributed by atoms with van der Waals surface area (Å²) in [7, 11) is 0. The lowest BCUT2D eigenvalue weighted by atomic mass is 9.96. The fourth-order valence-electron chi connectivity index (χ4n) is 2.92. The minimum atomic E-state index is -2.78. The maximum absolute atomic E-state index is 13.2. The highest BCUT2D eigenvalue weighted by Gasteiger charge is 2.44. The Hall–Kier alpha value is -0.990. The topological polar surface area (TPSA) is 73.9 Å². The molecule has 2 unspecified atom stereocenters. The van der Waals surface area contributed by atoms with E-state index in [1.54, 1.807) is 4.90 Å². The number of likely N-dealkylation sites (tertiary alicyclic amines) is 1. The van der Waals surface area contributed by atoms with Gasteiger partial charge in [-0.1, -0.05) is 0 Å². The largest absolute Gasteiger partial charge is 0.341 e. The highest BCUT2D eigenvalue weighted by atomic mass is 35.5. The number of alkyl halides is 2. The molecule has 6 nitrogen and oxygen atoms in total. The number of aromatic nitrogens is 3. The molecule has 0 radical (unpaired) electrons. The highest BCUT2D eigenvalue weighted by Crippen LogP contribution is 2.29. The van der Waals surface area contributed by atoms with Crippen molar-refractivity contribution in [2.75, 3.05) is 19.6 Å². The van der Waals surface area contributed by atoms with Crippen LogP contribution in [0.3, 0.4) is 0 Å². The van der Waals surface area contributed by atoms with Crippen molar-refractivity contribution >= 4 is 30.7 Å². The van der Waals surface area contributed by atoms with Gasteiger partial charge in [0, 0.05) is 25.4 Å². The van der Waals surface area contributed by atoms with Gasteiger partial charge in [-0.15, -0.1) is 24.8 Å². The third-order valence-corrected chi connectivity index (χ3v) is 3.96. The van der Waals surface area contributed by atoms with Crippen molar-refractivity contribution in [2.24, 2.45) is 0 Å². The zero-order chi connectivity index (χ0) is 14.2. The Kier molecular flexibility index (Phi) is 6.51. The van der Waals surface area contributed by atoms with Gasteiger partial charge in [0.05, 0.1) is 12.6 Å². The number of carbonyl (C=O) groups is 1. The van der Waals surface area contributed by atoms with Gasteiger partial charge in [0.25, 0.3) is 5.92 Å². The van der Waals surface area contributed by atoms with E-state index in [0.29, 0.717) is 13.1 Å². The Morgan fingerprint density at radius 1 is 1.41 bits per heavy atom. The summed E-state index contributed by atoms with van der Waals surface area (Å²) in [6.07, 6.45) is 2.80. The molecule has 10 heteroatoms. The number of aromatic amines is 1. The van der Waals surface area contributed by atoms with Gasteiger partial charge in [-0.05, 0) is 12.8 Å². The molecule has 2 saturated heterocycles. The molecule has 0 spiro atoms. The molecule has 0 aromatic carbocycles. The Morgan fingerprint density at radius 3 is 2.77 bits per heavy atom. The molecular formula is C12H19Cl2F2N5O. The fourth-order valence-corrected chi connectivity index (χ4v) is 2.92. The number of hydrogen-bond donors (Lipinski definition) is 2. The Labute approximate surface area is 139 Å². The van der Waals surface area contributed by atoms with Crippen molar-refractivity contribution < 1.29 is 13.6 Å². The molecule has 126 valence electrons. The summed E-state index contributed by atoms with van der Waals surface area (Å²) in [5, 5.41) is 9.24. The first kappa shape index (κ1) is 19.1. The maximum Gasteiger partial charge on any atom is 0.262 e. The van der Waals surface area contributed by atoms with E-state index >= 15 is 0 Å². The molecule has 1 amide bonds. The Morgan fingerprint density at radius 2 is 2.18 bits per heavy atom. The standard InChI is InChI=1S/C12H17F2N5O.2ClH/c13-12(14)4-9(15-6-12)11(20)19-3-1-2-8(5-19)10-16-7-17-18-10;;/h7-9,15H,1-6H2,(H,16,17,18);2*1H. The molecule has 0 saturated carbocycles. The van der Waals surface area contributed by atoms with E-state index in [1.165, 1.54) is 6.33 Å². The molecule has 1 aromatic rings. The number of halogens is 4. The van der Waals surface area contributed by atoms with Crippen molar-refractivity contribution in [1.29, 1.82) is 0 Å². The fraction of sp³-hybridized carbons (Fsp3) is 0.750. The summed E-state index contributed by atoms with van der Waals surface area (Å²) in [5.41, 5.74) is 0. The van der Waals surface area contributed by atoms with Crippen LogP contribution in [-0.2, 0) is 4.79 Å². The number of nitrogens with zero attached hydrogens (tertiary/aromatic N) is 3. The predicted molar refractivity (Wildman–Crippen MR) is 80.8 cm³/mol. The molecule has 3 rings (SSSR count). The molecule has 2 atom stereocenters. The van der Waals surface area contributed by atoms with E-state index in [2.05, 4.69) is 20.5 Å². The number of piperidine rings is 1. The van der Waals surface area contributed by atoms with Crippen LogP contribution >= 0.6 is 24.8 Å². The minimum absolute atomic E-state index is 0. The third kappa shape index (κ3) is 4.05. The number of amides is 1. The van der Waals surface area contributed by atoms with E-state index in [4.69, 9.17) is 0 Å². The van der Waals surface area contributed by atoms with Crippen LogP contribution in [0.5, 0.6) is 0 Å². The summed E-state index contributed by atoms with van der Waals surface area (Å²) in [5.74, 6) is -2.14. The lowest BCUT2D eigenvalue weighted by Crippen LogP contribution is -2.47. The number of nitrogens with one attached hydrogen (secondary N) is 2. The number of rotatable bonds is 2. The highest BCUT2D eigenvalue weighted by molar-refractivity contribution is 5.85. The summed E-state index contributed by atoms with van der Waals surface area (Å²) < 4.78 is 26.3. The quantitative estimate of drug-likeness (QED) is 0.837. The van der Waals surface area contributed by atoms with Gasteiger partial charge in [0.15, 0.2) is 0 Å². The lowest BCUT2D eigenvalue weighted by Gasteiger charge is -2.33. The number of carbonyl (C=O) groups excluding carboxylic acids is 1. The minimum Gasteiger partial charge on any atom is -0.341 e. The van der Waals surface area contributed by atoms with Crippen LogP contribution in [0.2, 0.25) is 0 Å². The lowest BCUT2D eigenvalue weighted by molar-refractivity contribution is -0.135. The Bertz CT molecular complexity index is 488. The van der Waals surface area contributed by atoms with E-state index < -0.39 is 24.9 Å². The van der Waals surface area contributed by atoms with E-state index in [1.807, 2.05) is 0 Å². The molecule has 22 heavy (non-hydrogen) atoms. The summed E-state index contributed by atoms with van der Waals surface area (Å²) in [6.45, 7) is 0.716. The first-order valence-electron chi connectivity index (χ1n) is 6.80. The second kappa shape index (κ2) is 7.52. The SMILES string of the molecule is Cl.Cl.O=C(C1CC(F)(F)CN1)N1CCCC(c2ncn[nH]2)C1. The van der Waals surface area contributed by atoms with Crippen molar-refractivity contribution in [3.63, 3.8) is 0 Å². The van der Waals surface area contributed by atoms with Gasteiger partial charge in [-0.3, -0.25) is 15.2 Å². The normalized spacial score (nSPS) is 26.9. The number of hydrogen-bond acceptors (Lipinski definition) is 4. The first-order chi connectivity index (χ1) is 9.55. The zero-order valence-electron chi connectivity index (χ0n) is 11.8. The van der Waals surface area contributed by atoms with Gasteiger partial charge in [0.1, 0.15) is 12.2 Å². The molecular weight excluding hydrogens is 339 g/mol. The van der Waals surface area contributed by atoms with Crippen LogP contribution in [0.1, 0.15) is 31.0 Å². The van der Waals surface area contributed by atoms with Crippen LogP contribution in [0.15, 0.2) is 6.33 Å². The average molecular weight is 358 g/mol. The molecule has 0 aliphatic carbocycles. The van der Waals surface area contributed by atoms with Crippen LogP contribution in [0.4, 0.5) is 8.78 Å². The zero-order valence-corrected chi connectivity index (χ0v) is 13.4. The van der Waals surface area contributed by atoms with Crippen molar-refractivity contribution in [3.05, 3.63) is 12.2 Å². The van der Waals surface area contributed by atoms with Crippen LogP contribution in [-0.4, -0.2) is 57.6 Å². The molecule has 2 aliphatic heterocycles. The van der Waals surface area contributed by atoms with E-state index in [0.717, 1.165) is 18.7 Å². The van der Waals surface area contributed by atoms with Gasteiger partial charge >= 0.3 is 0 Å². The molecule has 2 aliphatic rings. The van der Waals surface area contributed by atoms with Crippen LogP contribution in [0, 0.1) is 0 Å². The van der Waals surface area contributed by atoms with Gasteiger partial charge in [-0.2, -0.15) is 5.10 Å². The summed E-state index contributed by atoms with van der Waals surface area (Å²) >= 11 is 0. The van der Waals surface area contributed by atoms with E-state index in [-0.39, 0.29) is 36.6 Å². The second-order valence-electron chi connectivity index (χ2n) is 5.49. The van der Waals surface area contributed by atoms with Gasteiger partial charge in [-0.25, -0.2) is 13.8 Å². The van der Waals surface area contributed by atoms with Crippen LogP contribution < -0.4 is 5.32 Å². The van der Waals surface area contributed by atoms with Gasteiger partial charge in [0.2, 0.25) is 5.91 Å². The third-order valence-electron chi connectivity index (χ3n) is 3.96. The van der Waals surface area contributed by atoms with Crippen LogP contribution in [0.25, 0.3) is 0 Å². The number of H-pyrrole nitrogens is 1. The predicted octanol–water partition coefficient (Wildman–Crippen LogP) is 1.35.